The van der Waals surface area contributed by atoms with E-state index in [4.69, 9.17) is 4.98 Å². The van der Waals surface area contributed by atoms with Gasteiger partial charge in [0, 0.05) is 5.69 Å². The quantitative estimate of drug-likeness (QED) is 0.361. The molecule has 2 heteroatoms. The number of benzene rings is 1. The van der Waals surface area contributed by atoms with Crippen LogP contribution < -0.4 is 0 Å². The van der Waals surface area contributed by atoms with E-state index in [1.165, 1.54) is 66.5 Å². The van der Waals surface area contributed by atoms with Crippen LogP contribution in [0, 0.1) is 11.3 Å². The van der Waals surface area contributed by atoms with E-state index in [1.54, 1.807) is 0 Å². The molecule has 1 heterocycles. The van der Waals surface area contributed by atoms with Gasteiger partial charge in [0.05, 0.1) is 17.2 Å². The van der Waals surface area contributed by atoms with Crippen LogP contribution in [0.2, 0.25) is 0 Å². The standard InChI is InChI=1S/C28H38N2/c1-4-7-10-16-23-25(17-11-8-5-2)30-27-24(18-20-28(27,21-29)19-6-3)26(23)22-14-12-9-13-15-22/h9,12-15H,4-8,10-11,16-20H2,1-3H3/t28-/m1/s1. The predicted octanol–water partition coefficient (Wildman–Crippen LogP) is 7.72. The minimum Gasteiger partial charge on any atom is -0.256 e. The van der Waals surface area contributed by atoms with Gasteiger partial charge in [0.15, 0.2) is 0 Å². The number of rotatable bonds is 11. The first kappa shape index (κ1) is 22.5. The van der Waals surface area contributed by atoms with Crippen LogP contribution in [0.25, 0.3) is 11.1 Å². The predicted molar refractivity (Wildman–Crippen MR) is 127 cm³/mol. The van der Waals surface area contributed by atoms with Gasteiger partial charge in [-0.1, -0.05) is 83.2 Å². The number of nitriles is 1. The summed E-state index contributed by atoms with van der Waals surface area (Å²) in [5.74, 6) is 0. The molecule has 0 saturated heterocycles. The molecule has 30 heavy (non-hydrogen) atoms. The molecule has 0 radical (unpaired) electrons. The van der Waals surface area contributed by atoms with Gasteiger partial charge >= 0.3 is 0 Å². The molecule has 1 aromatic carbocycles. The zero-order valence-electron chi connectivity index (χ0n) is 19.3. The van der Waals surface area contributed by atoms with Crippen LogP contribution in [0.1, 0.15) is 101 Å². The lowest BCUT2D eigenvalue weighted by molar-refractivity contribution is 0.480. The Balaban J connectivity index is 2.20. The highest BCUT2D eigenvalue weighted by atomic mass is 14.8. The van der Waals surface area contributed by atoms with Gasteiger partial charge in [-0.25, -0.2) is 0 Å². The van der Waals surface area contributed by atoms with Crippen molar-refractivity contribution in [2.45, 2.75) is 103 Å². The van der Waals surface area contributed by atoms with E-state index >= 15 is 0 Å². The highest BCUT2D eigenvalue weighted by Crippen LogP contribution is 2.46. The largest absolute Gasteiger partial charge is 0.256 e. The van der Waals surface area contributed by atoms with Crippen molar-refractivity contribution < 1.29 is 0 Å². The van der Waals surface area contributed by atoms with E-state index in [0.29, 0.717) is 0 Å². The molecular formula is C28H38N2. The van der Waals surface area contributed by atoms with E-state index in [9.17, 15) is 5.26 Å². The molecule has 0 unspecified atom stereocenters. The third kappa shape index (κ3) is 4.61. The summed E-state index contributed by atoms with van der Waals surface area (Å²) in [4.78, 5) is 5.31. The molecule has 3 rings (SSSR count). The maximum Gasteiger partial charge on any atom is 0.0999 e. The van der Waals surface area contributed by atoms with Crippen molar-refractivity contribution in [3.63, 3.8) is 0 Å². The Kier molecular flexibility index (Phi) is 8.08. The Morgan fingerprint density at radius 1 is 0.933 bits per heavy atom. The summed E-state index contributed by atoms with van der Waals surface area (Å²) in [6.07, 6.45) is 13.4. The summed E-state index contributed by atoms with van der Waals surface area (Å²) in [7, 11) is 0. The molecule has 2 aromatic rings. The monoisotopic (exact) mass is 402 g/mol. The first-order chi connectivity index (χ1) is 14.7. The first-order valence-electron chi connectivity index (χ1n) is 12.2. The second-order valence-corrected chi connectivity index (χ2v) is 8.96. The summed E-state index contributed by atoms with van der Waals surface area (Å²) in [5, 5.41) is 10.2. The highest BCUT2D eigenvalue weighted by Gasteiger charge is 2.42. The second kappa shape index (κ2) is 10.8. The Bertz CT molecular complexity index is 862. The van der Waals surface area contributed by atoms with Crippen molar-refractivity contribution in [1.82, 2.24) is 4.98 Å². The number of aromatic nitrogens is 1. The molecule has 2 nitrogen and oxygen atoms in total. The van der Waals surface area contributed by atoms with Gasteiger partial charge < -0.3 is 0 Å². The van der Waals surface area contributed by atoms with Crippen LogP contribution in [0.15, 0.2) is 30.3 Å². The van der Waals surface area contributed by atoms with Gasteiger partial charge in [-0.05, 0) is 67.2 Å². The summed E-state index contributed by atoms with van der Waals surface area (Å²) >= 11 is 0. The van der Waals surface area contributed by atoms with Gasteiger partial charge in [-0.2, -0.15) is 5.26 Å². The van der Waals surface area contributed by atoms with Crippen molar-refractivity contribution in [2.75, 3.05) is 0 Å². The number of fused-ring (bicyclic) bond motifs is 1. The summed E-state index contributed by atoms with van der Waals surface area (Å²) in [6.45, 7) is 6.72. The fraction of sp³-hybridized carbons (Fsp3) is 0.571. The minimum absolute atomic E-state index is 0.394. The molecule has 0 fully saturated rings. The number of pyridine rings is 1. The van der Waals surface area contributed by atoms with Crippen molar-refractivity contribution >= 4 is 0 Å². The Labute approximate surface area is 183 Å². The lowest BCUT2D eigenvalue weighted by atomic mass is 9.81. The summed E-state index contributed by atoms with van der Waals surface area (Å²) in [6, 6.07) is 13.6. The van der Waals surface area contributed by atoms with Gasteiger partial charge in [0.2, 0.25) is 0 Å². The average molecular weight is 403 g/mol. The molecule has 1 aliphatic carbocycles. The highest BCUT2D eigenvalue weighted by molar-refractivity contribution is 5.74. The Morgan fingerprint density at radius 2 is 1.63 bits per heavy atom. The molecule has 0 amide bonds. The smallest absolute Gasteiger partial charge is 0.0999 e. The molecule has 160 valence electrons. The van der Waals surface area contributed by atoms with Crippen molar-refractivity contribution in [1.29, 1.82) is 5.26 Å². The fourth-order valence-corrected chi connectivity index (χ4v) is 5.17. The van der Waals surface area contributed by atoms with E-state index in [-0.39, 0.29) is 0 Å². The summed E-state index contributed by atoms with van der Waals surface area (Å²) in [5.41, 5.74) is 7.54. The van der Waals surface area contributed by atoms with Crippen LogP contribution in [-0.4, -0.2) is 4.98 Å². The van der Waals surface area contributed by atoms with Crippen molar-refractivity contribution in [3.8, 4) is 17.2 Å². The normalized spacial score (nSPS) is 17.7. The molecule has 1 aromatic heterocycles. The topological polar surface area (TPSA) is 36.7 Å². The second-order valence-electron chi connectivity index (χ2n) is 8.96. The van der Waals surface area contributed by atoms with E-state index in [2.05, 4.69) is 57.2 Å². The molecule has 1 aliphatic rings. The Morgan fingerprint density at radius 3 is 2.27 bits per heavy atom. The van der Waals surface area contributed by atoms with Crippen LogP contribution in [0.3, 0.4) is 0 Å². The van der Waals surface area contributed by atoms with E-state index in [1.807, 2.05) is 0 Å². The number of hydrogen-bond donors (Lipinski definition) is 0. The summed E-state index contributed by atoms with van der Waals surface area (Å²) < 4.78 is 0. The van der Waals surface area contributed by atoms with E-state index in [0.717, 1.165) is 44.2 Å². The molecular weight excluding hydrogens is 364 g/mol. The van der Waals surface area contributed by atoms with Crippen LogP contribution in [0.5, 0.6) is 0 Å². The van der Waals surface area contributed by atoms with E-state index < -0.39 is 5.41 Å². The van der Waals surface area contributed by atoms with Crippen LogP contribution in [-0.2, 0) is 24.7 Å². The zero-order valence-corrected chi connectivity index (χ0v) is 19.3. The Hall–Kier alpha value is -2.14. The van der Waals surface area contributed by atoms with Gasteiger partial charge in [-0.15, -0.1) is 0 Å². The van der Waals surface area contributed by atoms with Crippen molar-refractivity contribution in [3.05, 3.63) is 52.8 Å². The van der Waals surface area contributed by atoms with Gasteiger partial charge in [-0.3, -0.25) is 4.98 Å². The third-order valence-electron chi connectivity index (χ3n) is 6.74. The lowest BCUT2D eigenvalue weighted by Crippen LogP contribution is -2.23. The maximum atomic E-state index is 10.2. The number of unbranched alkanes of at least 4 members (excludes halogenated alkanes) is 4. The number of nitrogens with zero attached hydrogens (tertiary/aromatic N) is 2. The molecule has 0 N–H and O–H groups in total. The number of hydrogen-bond acceptors (Lipinski definition) is 2. The van der Waals surface area contributed by atoms with Gasteiger partial charge in [0.1, 0.15) is 0 Å². The fourth-order valence-electron chi connectivity index (χ4n) is 5.17. The zero-order chi connectivity index (χ0) is 21.4. The maximum absolute atomic E-state index is 10.2. The average Bonchev–Trinajstić information content (AvgIpc) is 3.13. The molecule has 0 aliphatic heterocycles. The molecule has 0 bridgehead atoms. The molecule has 0 saturated carbocycles. The van der Waals surface area contributed by atoms with Gasteiger partial charge in [0.25, 0.3) is 0 Å². The van der Waals surface area contributed by atoms with Crippen molar-refractivity contribution in [2.24, 2.45) is 0 Å². The number of aryl methyl sites for hydroxylation is 1. The lowest BCUT2D eigenvalue weighted by Gasteiger charge is -2.24. The SMILES string of the molecule is CCCCCc1nc2c(c(-c3ccccc3)c1CCCCC)CC[C@@]2(C#N)CCC. The third-order valence-corrected chi connectivity index (χ3v) is 6.74. The van der Waals surface area contributed by atoms with Crippen LogP contribution >= 0.6 is 0 Å². The molecule has 1 atom stereocenters. The molecule has 0 spiro atoms. The minimum atomic E-state index is -0.394. The first-order valence-corrected chi connectivity index (χ1v) is 12.2. The van der Waals surface area contributed by atoms with Crippen LogP contribution in [0.4, 0.5) is 0 Å².